The number of aryl methyl sites for hydroxylation is 3. The van der Waals surface area contributed by atoms with Gasteiger partial charge < -0.3 is 15.0 Å². The number of carbonyl (C=O) groups is 1. The summed E-state index contributed by atoms with van der Waals surface area (Å²) in [6.45, 7) is 3.23. The molecule has 2 aromatic rings. The van der Waals surface area contributed by atoms with E-state index in [4.69, 9.17) is 0 Å². The van der Waals surface area contributed by atoms with Crippen LogP contribution in [0.5, 0.6) is 5.75 Å². The molecule has 2 N–H and O–H groups in total. The van der Waals surface area contributed by atoms with Crippen LogP contribution in [0.4, 0.5) is 19.3 Å². The number of hydrogen-bond donors (Lipinski definition) is 2. The highest BCUT2D eigenvalue weighted by molar-refractivity contribution is 5.90. The number of nitrogens with zero attached hydrogens (tertiary/aromatic N) is 2. The van der Waals surface area contributed by atoms with Gasteiger partial charge in [-0.2, -0.15) is 13.9 Å². The minimum atomic E-state index is -2.87. The number of H-pyrrole nitrogens is 1. The van der Waals surface area contributed by atoms with Gasteiger partial charge in [-0.25, -0.2) is 4.79 Å². The fraction of sp³-hybridized carbons (Fsp3) is 0.412. The molecule has 8 heteroatoms. The zero-order valence-electron chi connectivity index (χ0n) is 14.7. The lowest BCUT2D eigenvalue weighted by atomic mass is 10.1. The monoisotopic (exact) mass is 352 g/mol. The standard InChI is InChI=1S/C17H22F2N4O2/c1-10-9-13(25-16(18)19)5-6-15(10)20-17(24)23(4)8-7-14-11(2)21-22-12(14)3/h5-6,9,16H,7-8H2,1-4H3,(H,20,24)(H,21,22). The molecule has 0 aliphatic carbocycles. The van der Waals surface area contributed by atoms with Crippen molar-refractivity contribution in [1.82, 2.24) is 15.1 Å². The summed E-state index contributed by atoms with van der Waals surface area (Å²) in [7, 11) is 1.70. The quantitative estimate of drug-likeness (QED) is 0.834. The number of aromatic amines is 1. The average molecular weight is 352 g/mol. The zero-order valence-corrected chi connectivity index (χ0v) is 14.7. The van der Waals surface area contributed by atoms with Gasteiger partial charge in [-0.3, -0.25) is 5.10 Å². The number of rotatable bonds is 6. The predicted octanol–water partition coefficient (Wildman–Crippen LogP) is 3.64. The van der Waals surface area contributed by atoms with Gasteiger partial charge in [-0.1, -0.05) is 0 Å². The van der Waals surface area contributed by atoms with Gasteiger partial charge in [-0.15, -0.1) is 0 Å². The number of urea groups is 1. The Hall–Kier alpha value is -2.64. The molecule has 0 saturated carbocycles. The first kappa shape index (κ1) is 18.7. The fourth-order valence-electron chi connectivity index (χ4n) is 2.49. The van der Waals surface area contributed by atoms with Crippen molar-refractivity contribution in [3.63, 3.8) is 0 Å². The number of amides is 2. The second-order valence-electron chi connectivity index (χ2n) is 5.87. The maximum atomic E-state index is 12.3. The molecule has 0 fully saturated rings. The number of anilines is 1. The van der Waals surface area contributed by atoms with Gasteiger partial charge in [0.05, 0.1) is 5.69 Å². The average Bonchev–Trinajstić information content (AvgIpc) is 2.85. The zero-order chi connectivity index (χ0) is 18.6. The number of benzene rings is 1. The first-order chi connectivity index (χ1) is 11.8. The highest BCUT2D eigenvalue weighted by atomic mass is 19.3. The van der Waals surface area contributed by atoms with Crippen molar-refractivity contribution in [1.29, 1.82) is 0 Å². The smallest absolute Gasteiger partial charge is 0.387 e. The number of hydrogen-bond acceptors (Lipinski definition) is 3. The molecule has 0 aliphatic heterocycles. The van der Waals surface area contributed by atoms with Crippen molar-refractivity contribution >= 4 is 11.7 Å². The summed E-state index contributed by atoms with van der Waals surface area (Å²) in [6.07, 6.45) is 0.693. The van der Waals surface area contributed by atoms with E-state index in [2.05, 4.69) is 20.3 Å². The normalized spacial score (nSPS) is 10.8. The van der Waals surface area contributed by atoms with E-state index in [1.54, 1.807) is 24.9 Å². The molecule has 6 nitrogen and oxygen atoms in total. The number of halogens is 2. The van der Waals surface area contributed by atoms with Crippen LogP contribution < -0.4 is 10.1 Å². The second-order valence-corrected chi connectivity index (χ2v) is 5.87. The minimum Gasteiger partial charge on any atom is -0.435 e. The lowest BCUT2D eigenvalue weighted by molar-refractivity contribution is -0.0498. The van der Waals surface area contributed by atoms with Crippen LogP contribution in [0.15, 0.2) is 18.2 Å². The summed E-state index contributed by atoms with van der Waals surface area (Å²) in [5.74, 6) is 0.0600. The van der Waals surface area contributed by atoms with Gasteiger partial charge in [0.1, 0.15) is 5.75 Å². The van der Waals surface area contributed by atoms with E-state index >= 15 is 0 Å². The summed E-state index contributed by atoms with van der Waals surface area (Å²) < 4.78 is 28.8. The number of likely N-dealkylation sites (N-methyl/N-ethyl adjacent to an activating group) is 1. The van der Waals surface area contributed by atoms with Crippen LogP contribution in [0.25, 0.3) is 0 Å². The molecular weight excluding hydrogens is 330 g/mol. The van der Waals surface area contributed by atoms with Gasteiger partial charge in [0.15, 0.2) is 0 Å². The number of alkyl halides is 2. The van der Waals surface area contributed by atoms with Crippen LogP contribution in [0.1, 0.15) is 22.5 Å². The summed E-state index contributed by atoms with van der Waals surface area (Å²) in [5, 5.41) is 9.83. The molecule has 136 valence electrons. The Morgan fingerprint density at radius 2 is 2.08 bits per heavy atom. The largest absolute Gasteiger partial charge is 0.435 e. The molecule has 0 saturated heterocycles. The summed E-state index contributed by atoms with van der Waals surface area (Å²) in [6, 6.07) is 4.13. The highest BCUT2D eigenvalue weighted by Gasteiger charge is 2.13. The summed E-state index contributed by atoms with van der Waals surface area (Å²) in [5.41, 5.74) is 4.22. The van der Waals surface area contributed by atoms with E-state index in [1.165, 1.54) is 12.1 Å². The molecular formula is C17H22F2N4O2. The Bertz CT molecular complexity index is 727. The van der Waals surface area contributed by atoms with Crippen molar-refractivity contribution in [3.8, 4) is 5.75 Å². The van der Waals surface area contributed by atoms with Crippen molar-refractivity contribution < 1.29 is 18.3 Å². The van der Waals surface area contributed by atoms with Gasteiger partial charge in [-0.05, 0) is 56.5 Å². The number of carbonyl (C=O) groups excluding carboxylic acids is 1. The molecule has 25 heavy (non-hydrogen) atoms. The van der Waals surface area contributed by atoms with E-state index in [-0.39, 0.29) is 11.8 Å². The first-order valence-corrected chi connectivity index (χ1v) is 7.86. The Labute approximate surface area is 145 Å². The number of aromatic nitrogens is 2. The van der Waals surface area contributed by atoms with E-state index in [9.17, 15) is 13.6 Å². The second kappa shape index (κ2) is 7.96. The van der Waals surface area contributed by atoms with Crippen LogP contribution >= 0.6 is 0 Å². The van der Waals surface area contributed by atoms with Crippen molar-refractivity contribution in [2.24, 2.45) is 0 Å². The molecule has 0 atom stereocenters. The summed E-state index contributed by atoms with van der Waals surface area (Å²) >= 11 is 0. The molecule has 0 spiro atoms. The molecule has 0 radical (unpaired) electrons. The molecule has 1 heterocycles. The topological polar surface area (TPSA) is 70.2 Å². The Morgan fingerprint density at radius 3 is 2.64 bits per heavy atom. The molecule has 2 amide bonds. The lowest BCUT2D eigenvalue weighted by Crippen LogP contribution is -2.33. The lowest BCUT2D eigenvalue weighted by Gasteiger charge is -2.19. The van der Waals surface area contributed by atoms with Gasteiger partial charge in [0.25, 0.3) is 0 Å². The Morgan fingerprint density at radius 1 is 1.36 bits per heavy atom. The molecule has 0 bridgehead atoms. The van der Waals surface area contributed by atoms with Gasteiger partial charge >= 0.3 is 12.6 Å². The molecule has 1 aromatic carbocycles. The molecule has 2 rings (SSSR count). The van der Waals surface area contributed by atoms with Gasteiger partial charge in [0.2, 0.25) is 0 Å². The number of nitrogens with one attached hydrogen (secondary N) is 2. The molecule has 0 unspecified atom stereocenters. The van der Waals surface area contributed by atoms with E-state index in [0.717, 1.165) is 17.0 Å². The third-order valence-corrected chi connectivity index (χ3v) is 3.99. The Kier molecular flexibility index (Phi) is 5.95. The predicted molar refractivity (Wildman–Crippen MR) is 91.2 cm³/mol. The van der Waals surface area contributed by atoms with Crippen LogP contribution in [-0.2, 0) is 6.42 Å². The molecule has 1 aromatic heterocycles. The first-order valence-electron chi connectivity index (χ1n) is 7.86. The highest BCUT2D eigenvalue weighted by Crippen LogP contribution is 2.23. The van der Waals surface area contributed by atoms with E-state index < -0.39 is 6.61 Å². The van der Waals surface area contributed by atoms with Crippen molar-refractivity contribution in [3.05, 3.63) is 40.7 Å². The maximum absolute atomic E-state index is 12.3. The van der Waals surface area contributed by atoms with Crippen molar-refractivity contribution in [2.75, 3.05) is 18.9 Å². The Balaban J connectivity index is 1.94. The van der Waals surface area contributed by atoms with Gasteiger partial charge in [0, 0.05) is 25.0 Å². The van der Waals surface area contributed by atoms with E-state index in [1.807, 2.05) is 13.8 Å². The van der Waals surface area contributed by atoms with Crippen molar-refractivity contribution in [2.45, 2.75) is 33.8 Å². The van der Waals surface area contributed by atoms with Crippen LogP contribution in [0.3, 0.4) is 0 Å². The van der Waals surface area contributed by atoms with Crippen LogP contribution in [0.2, 0.25) is 0 Å². The maximum Gasteiger partial charge on any atom is 0.387 e. The minimum absolute atomic E-state index is 0.0600. The summed E-state index contributed by atoms with van der Waals surface area (Å²) in [4.78, 5) is 13.9. The number of ether oxygens (including phenoxy) is 1. The molecule has 0 aliphatic rings. The van der Waals surface area contributed by atoms with E-state index in [0.29, 0.717) is 24.2 Å². The third-order valence-electron chi connectivity index (χ3n) is 3.99. The SMILES string of the molecule is Cc1cc(OC(F)F)ccc1NC(=O)N(C)CCc1c(C)n[nH]c1C. The van der Waals surface area contributed by atoms with Crippen LogP contribution in [0, 0.1) is 20.8 Å². The van der Waals surface area contributed by atoms with Crippen LogP contribution in [-0.4, -0.2) is 41.3 Å². The third kappa shape index (κ3) is 4.91. The fourth-order valence-corrected chi connectivity index (χ4v) is 2.49.